The minimum Gasteiger partial charge on any atom is -0.309 e. The molecule has 12 aromatic carbocycles. The van der Waals surface area contributed by atoms with Gasteiger partial charge in [-0.05, 0) is 239 Å². The van der Waals surface area contributed by atoms with E-state index in [0.717, 1.165) is 72.6 Å². The average Bonchev–Trinajstić information content (AvgIpc) is 1.56. The molecule has 3 heterocycles. The number of hydrogen-bond acceptors (Lipinski definition) is 2. The van der Waals surface area contributed by atoms with E-state index in [9.17, 15) is 0 Å². The van der Waals surface area contributed by atoms with E-state index in [0.29, 0.717) is 5.82 Å². The van der Waals surface area contributed by atoms with Crippen molar-refractivity contribution >= 4 is 43.6 Å². The van der Waals surface area contributed by atoms with Crippen molar-refractivity contribution in [2.45, 2.75) is 83.1 Å². The lowest BCUT2D eigenvalue weighted by atomic mass is 9.91. The van der Waals surface area contributed by atoms with Gasteiger partial charge in [0.1, 0.15) is 0 Å². The normalized spacial score (nSPS) is 11.7. The molecule has 0 saturated carbocycles. The molecule has 92 heavy (non-hydrogen) atoms. The summed E-state index contributed by atoms with van der Waals surface area (Å²) in [6.07, 6.45) is 0. The third-order valence-corrected chi connectivity index (χ3v) is 19.2. The largest absolute Gasteiger partial charge is 0.309 e. The Morgan fingerprint density at radius 3 is 0.870 bits per heavy atom. The van der Waals surface area contributed by atoms with Gasteiger partial charge in [0, 0.05) is 49.4 Å². The second-order valence-electron chi connectivity index (χ2n) is 26.1. The maximum absolute atomic E-state index is 5.47. The summed E-state index contributed by atoms with van der Waals surface area (Å²) in [7, 11) is 0. The fourth-order valence-corrected chi connectivity index (χ4v) is 15.8. The monoisotopic (exact) mass is 1190 g/mol. The zero-order chi connectivity index (χ0) is 63.4. The summed E-state index contributed by atoms with van der Waals surface area (Å²) in [5.41, 5.74) is 38.8. The first kappa shape index (κ1) is 57.7. The van der Waals surface area contributed by atoms with Crippen LogP contribution in [-0.4, -0.2) is 19.1 Å². The van der Waals surface area contributed by atoms with Crippen LogP contribution in [0.15, 0.2) is 231 Å². The molecule has 0 unspecified atom stereocenters. The third-order valence-electron chi connectivity index (χ3n) is 19.2. The summed E-state index contributed by atoms with van der Waals surface area (Å²) in [5, 5.41) is 4.80. The fraction of sp³-hybridized carbons (Fsp3) is 0.136. The first-order valence-corrected chi connectivity index (χ1v) is 32.3. The summed E-state index contributed by atoms with van der Waals surface area (Å²) in [5.74, 6) is 0.652. The van der Waals surface area contributed by atoms with Crippen LogP contribution in [-0.2, 0) is 0 Å². The molecule has 0 aliphatic heterocycles. The van der Waals surface area contributed by atoms with Gasteiger partial charge < -0.3 is 9.13 Å². The molecule has 0 N–H and O–H groups in total. The molecule has 0 atom stereocenters. The Morgan fingerprint density at radius 1 is 0.228 bits per heavy atom. The number of aryl methyl sites for hydroxylation is 12. The molecule has 15 aromatic rings. The zero-order valence-corrected chi connectivity index (χ0v) is 54.7. The van der Waals surface area contributed by atoms with Gasteiger partial charge in [-0.1, -0.05) is 186 Å². The minimum absolute atomic E-state index is 0.652. The van der Waals surface area contributed by atoms with E-state index < -0.39 is 0 Å². The summed E-state index contributed by atoms with van der Waals surface area (Å²) >= 11 is 0. The van der Waals surface area contributed by atoms with Crippen LogP contribution in [0.3, 0.4) is 0 Å². The SMILES string of the molecule is Cc1cc(C)c(-c2ccc3c(c2)c2cc(-c4c(C)cc(C)cc4C)ccc2n3-c2ccccc2-c2ccc(-c3nc(-c4ccccc4)cc(-c4ccccc4)n3)cc2-n2c3ccc(-c4c(C)cc(C)cc4C)cc3c3cc(-c4c(C)cc(C)cc4C)ccc32)c(C)c1. The van der Waals surface area contributed by atoms with Gasteiger partial charge in [0.25, 0.3) is 0 Å². The average molecular weight is 1190 g/mol. The molecule has 0 saturated heterocycles. The Kier molecular flexibility index (Phi) is 14.2. The lowest BCUT2D eigenvalue weighted by molar-refractivity contribution is 1.15. The number of rotatable bonds is 10. The van der Waals surface area contributed by atoms with Crippen molar-refractivity contribution in [1.29, 1.82) is 0 Å². The molecule has 0 spiro atoms. The molecule has 0 fully saturated rings. The number of para-hydroxylation sites is 1. The van der Waals surface area contributed by atoms with Crippen LogP contribution in [0.25, 0.3) is 145 Å². The quantitative estimate of drug-likeness (QED) is 0.137. The Balaban J connectivity index is 1.03. The second-order valence-corrected chi connectivity index (χ2v) is 26.1. The third kappa shape index (κ3) is 9.93. The highest BCUT2D eigenvalue weighted by Crippen LogP contribution is 2.47. The number of nitrogens with zero attached hydrogens (tertiary/aromatic N) is 4. The molecule has 0 aliphatic rings. The van der Waals surface area contributed by atoms with Gasteiger partial charge in [-0.25, -0.2) is 9.97 Å². The van der Waals surface area contributed by atoms with Crippen molar-refractivity contribution in [3.05, 3.63) is 297 Å². The van der Waals surface area contributed by atoms with Crippen LogP contribution < -0.4 is 0 Å². The molecule has 446 valence electrons. The number of hydrogen-bond donors (Lipinski definition) is 0. The topological polar surface area (TPSA) is 35.6 Å². The Morgan fingerprint density at radius 2 is 0.522 bits per heavy atom. The molecule has 3 aromatic heterocycles. The van der Waals surface area contributed by atoms with E-state index in [1.54, 1.807) is 0 Å². The summed E-state index contributed by atoms with van der Waals surface area (Å²) in [6, 6.07) is 86.3. The molecule has 0 radical (unpaired) electrons. The van der Waals surface area contributed by atoms with Gasteiger partial charge in [-0.3, -0.25) is 0 Å². The predicted molar refractivity (Wildman–Crippen MR) is 391 cm³/mol. The Bertz CT molecular complexity index is 5140. The fourth-order valence-electron chi connectivity index (χ4n) is 15.8. The van der Waals surface area contributed by atoms with Crippen LogP contribution in [0, 0.1) is 83.1 Å². The van der Waals surface area contributed by atoms with Crippen LogP contribution in [0.1, 0.15) is 66.8 Å². The van der Waals surface area contributed by atoms with Crippen LogP contribution in [0.5, 0.6) is 0 Å². The number of aromatic nitrogens is 4. The molecule has 4 nitrogen and oxygen atoms in total. The smallest absolute Gasteiger partial charge is 0.160 e. The van der Waals surface area contributed by atoms with E-state index in [1.807, 2.05) is 0 Å². The van der Waals surface area contributed by atoms with E-state index >= 15 is 0 Å². The molecule has 0 bridgehead atoms. The second kappa shape index (κ2) is 22.7. The van der Waals surface area contributed by atoms with Crippen LogP contribution >= 0.6 is 0 Å². The van der Waals surface area contributed by atoms with E-state index in [4.69, 9.17) is 9.97 Å². The summed E-state index contributed by atoms with van der Waals surface area (Å²) in [6.45, 7) is 26.8. The van der Waals surface area contributed by atoms with Crippen LogP contribution in [0.4, 0.5) is 0 Å². The standard InChI is InChI=1S/C88H74N4/c1-51-37-55(5)84(56(6)38-51)65-28-33-79-72(45-65)73-46-66(85-57(7)39-52(2)40-58(85)8)29-34-80(73)91(79)78-26-20-19-25-70(78)71-32-27-69(88-89-76(63-21-15-13-16-22-63)50-77(90-88)64-23-17-14-18-24-64)49-83(71)92-81-35-30-67(86-59(9)41-53(3)42-60(86)10)47-74(81)75-48-68(31-36-82(75)92)87-61(11)43-54(4)44-62(87)12/h13-50H,1-12H3. The van der Waals surface area contributed by atoms with Crippen molar-refractivity contribution in [3.63, 3.8) is 0 Å². The Hall–Kier alpha value is -10.7. The van der Waals surface area contributed by atoms with Crippen molar-refractivity contribution in [2.75, 3.05) is 0 Å². The molecule has 0 aliphatic carbocycles. The van der Waals surface area contributed by atoms with Gasteiger partial charge in [-0.2, -0.15) is 0 Å². The minimum atomic E-state index is 0.652. The lowest BCUT2D eigenvalue weighted by Crippen LogP contribution is -2.03. The maximum Gasteiger partial charge on any atom is 0.160 e. The molecule has 0 amide bonds. The zero-order valence-electron chi connectivity index (χ0n) is 54.7. The maximum atomic E-state index is 5.47. The number of benzene rings is 12. The van der Waals surface area contributed by atoms with E-state index in [-0.39, 0.29) is 0 Å². The summed E-state index contributed by atoms with van der Waals surface area (Å²) in [4.78, 5) is 10.9. The Labute approximate surface area is 540 Å². The molecule has 15 rings (SSSR count). The van der Waals surface area contributed by atoms with E-state index in [2.05, 4.69) is 323 Å². The first-order chi connectivity index (χ1) is 44.5. The highest BCUT2D eigenvalue weighted by atomic mass is 15.0. The lowest BCUT2D eigenvalue weighted by Gasteiger charge is -2.20. The molecular formula is C88H74N4. The van der Waals surface area contributed by atoms with E-state index in [1.165, 1.54) is 133 Å². The van der Waals surface area contributed by atoms with Gasteiger partial charge in [0.15, 0.2) is 5.82 Å². The number of fused-ring (bicyclic) bond motifs is 6. The molecule has 4 heteroatoms. The van der Waals surface area contributed by atoms with Crippen molar-refractivity contribution in [3.8, 4) is 101 Å². The predicted octanol–water partition coefficient (Wildman–Crippen LogP) is 23.7. The van der Waals surface area contributed by atoms with Gasteiger partial charge in [0.05, 0.1) is 44.8 Å². The van der Waals surface area contributed by atoms with Crippen molar-refractivity contribution in [1.82, 2.24) is 19.1 Å². The molecular weight excluding hydrogens is 1110 g/mol. The van der Waals surface area contributed by atoms with Gasteiger partial charge in [-0.15, -0.1) is 0 Å². The van der Waals surface area contributed by atoms with Gasteiger partial charge in [0.2, 0.25) is 0 Å². The van der Waals surface area contributed by atoms with Crippen LogP contribution in [0.2, 0.25) is 0 Å². The summed E-state index contributed by atoms with van der Waals surface area (Å²) < 4.78 is 5.05. The van der Waals surface area contributed by atoms with Crippen molar-refractivity contribution < 1.29 is 0 Å². The van der Waals surface area contributed by atoms with Gasteiger partial charge >= 0.3 is 0 Å². The highest BCUT2D eigenvalue weighted by molar-refractivity contribution is 6.14. The highest BCUT2D eigenvalue weighted by Gasteiger charge is 2.25. The van der Waals surface area contributed by atoms with Crippen molar-refractivity contribution in [2.24, 2.45) is 0 Å². The first-order valence-electron chi connectivity index (χ1n) is 32.3.